The second-order valence-corrected chi connectivity index (χ2v) is 6.53. The van der Waals surface area contributed by atoms with Gasteiger partial charge in [0.05, 0.1) is 5.56 Å². The first-order chi connectivity index (χ1) is 15.1. The number of halogens is 9. The van der Waals surface area contributed by atoms with Crippen LogP contribution in [0.3, 0.4) is 0 Å². The van der Waals surface area contributed by atoms with Gasteiger partial charge in [-0.1, -0.05) is 0 Å². The lowest BCUT2D eigenvalue weighted by molar-refractivity contribution is -0.276. The normalized spacial score (nSPS) is 13.2. The maximum absolute atomic E-state index is 13.0. The van der Waals surface area contributed by atoms with Crippen molar-refractivity contribution >= 4 is 12.3 Å². The number of ether oxygens (including phenoxy) is 1. The van der Waals surface area contributed by atoms with Crippen LogP contribution in [0.5, 0.6) is 5.88 Å². The maximum Gasteiger partial charge on any atom is 0.574 e. The molecule has 0 saturated carbocycles. The quantitative estimate of drug-likeness (QED) is 0.478. The third kappa shape index (κ3) is 6.69. The Morgan fingerprint density at radius 3 is 2.24 bits per heavy atom. The molecular weight excluding hydrogens is 475 g/mol. The molecule has 0 atom stereocenters. The fourth-order valence-electron chi connectivity index (χ4n) is 2.57. The largest absolute Gasteiger partial charge is 0.574 e. The lowest BCUT2D eigenvalue weighted by Gasteiger charge is -2.09. The molecule has 3 rings (SSSR count). The van der Waals surface area contributed by atoms with Gasteiger partial charge in [-0.25, -0.2) is 9.67 Å². The highest BCUT2D eigenvalue weighted by Crippen LogP contribution is 2.32. The molecule has 7 nitrogen and oxygen atoms in total. The molecule has 0 aliphatic heterocycles. The Morgan fingerprint density at radius 1 is 0.939 bits per heavy atom. The van der Waals surface area contributed by atoms with Crippen LogP contribution in [0.4, 0.5) is 39.5 Å². The summed E-state index contributed by atoms with van der Waals surface area (Å²) < 4.78 is 119. The molecule has 0 unspecified atom stereocenters. The van der Waals surface area contributed by atoms with Crippen LogP contribution in [0.2, 0.25) is 0 Å². The van der Waals surface area contributed by atoms with Crippen molar-refractivity contribution in [3.05, 3.63) is 41.3 Å². The lowest BCUT2D eigenvalue weighted by Crippen LogP contribution is -2.20. The maximum atomic E-state index is 13.0. The van der Waals surface area contributed by atoms with Crippen LogP contribution < -0.4 is 4.74 Å². The highest BCUT2D eigenvalue weighted by molar-refractivity contribution is 5.62. The number of rotatable bonds is 5. The van der Waals surface area contributed by atoms with Gasteiger partial charge in [-0.15, -0.1) is 28.5 Å². The molecule has 33 heavy (non-hydrogen) atoms. The van der Waals surface area contributed by atoms with Gasteiger partial charge in [-0.3, -0.25) is 0 Å². The minimum absolute atomic E-state index is 0.0201. The van der Waals surface area contributed by atoms with Crippen molar-refractivity contribution in [3.8, 4) is 17.3 Å². The molecular formula is C17H11F9N6O. The number of nitrogens with zero attached hydrogens (tertiary/aromatic N) is 6. The van der Waals surface area contributed by atoms with Gasteiger partial charge in [-0.05, 0) is 36.8 Å². The van der Waals surface area contributed by atoms with Crippen LogP contribution in [0, 0.1) is 6.92 Å². The Balaban J connectivity index is 1.89. The fourth-order valence-corrected chi connectivity index (χ4v) is 2.57. The molecule has 0 N–H and O–H groups in total. The van der Waals surface area contributed by atoms with Crippen LogP contribution in [-0.2, 0) is 12.7 Å². The second kappa shape index (κ2) is 8.40. The van der Waals surface area contributed by atoms with Gasteiger partial charge in [-0.2, -0.15) is 31.1 Å². The van der Waals surface area contributed by atoms with Gasteiger partial charge >= 0.3 is 18.7 Å². The van der Waals surface area contributed by atoms with Crippen molar-refractivity contribution in [3.63, 3.8) is 0 Å². The van der Waals surface area contributed by atoms with Crippen molar-refractivity contribution < 1.29 is 44.3 Å². The monoisotopic (exact) mass is 486 g/mol. The smallest absolute Gasteiger partial charge is 0.384 e. The summed E-state index contributed by atoms with van der Waals surface area (Å²) in [5.41, 5.74) is -1.34. The molecule has 3 aromatic rings. The molecule has 0 spiro atoms. The molecule has 0 bridgehead atoms. The summed E-state index contributed by atoms with van der Waals surface area (Å²) >= 11 is 0. The fraction of sp³-hybridized carbons (Fsp3) is 0.294. The standard InChI is InChI=1S/C17H11F9N6O/c1-9-4-10(6-11(5-9)16(21,22)23)13-27-8-31(29-13)3-2-12-14(33-17(24,25)26)30-32(28-12)7-15(18,19)20/h2-6,8H,7H2,1H3/b3-2-. The summed E-state index contributed by atoms with van der Waals surface area (Å²) in [5, 5.41) is 10.2. The average Bonchev–Trinajstić information content (AvgIpc) is 3.23. The predicted molar refractivity (Wildman–Crippen MR) is 93.2 cm³/mol. The second-order valence-electron chi connectivity index (χ2n) is 6.53. The van der Waals surface area contributed by atoms with Crippen molar-refractivity contribution in [1.29, 1.82) is 0 Å². The Labute approximate surface area is 178 Å². The Kier molecular flexibility index (Phi) is 6.12. The van der Waals surface area contributed by atoms with Gasteiger partial charge < -0.3 is 4.74 Å². The molecule has 16 heteroatoms. The van der Waals surface area contributed by atoms with Crippen molar-refractivity contribution in [2.75, 3.05) is 0 Å². The molecule has 2 aromatic heterocycles. The third-order valence-corrected chi connectivity index (χ3v) is 3.74. The van der Waals surface area contributed by atoms with E-state index in [0.717, 1.165) is 35.4 Å². The molecule has 0 fully saturated rings. The van der Waals surface area contributed by atoms with Crippen LogP contribution in [0.1, 0.15) is 16.8 Å². The zero-order valence-corrected chi connectivity index (χ0v) is 16.2. The van der Waals surface area contributed by atoms with E-state index >= 15 is 0 Å². The van der Waals surface area contributed by atoms with E-state index < -0.39 is 42.4 Å². The van der Waals surface area contributed by atoms with E-state index in [0.29, 0.717) is 0 Å². The van der Waals surface area contributed by atoms with E-state index in [-0.39, 0.29) is 21.7 Å². The molecule has 178 valence electrons. The van der Waals surface area contributed by atoms with Gasteiger partial charge in [0.15, 0.2) is 18.1 Å². The number of hydrogen-bond acceptors (Lipinski definition) is 5. The molecule has 0 saturated heterocycles. The van der Waals surface area contributed by atoms with E-state index in [1.807, 2.05) is 0 Å². The van der Waals surface area contributed by atoms with Crippen LogP contribution in [0.25, 0.3) is 23.7 Å². The highest BCUT2D eigenvalue weighted by atomic mass is 19.4. The highest BCUT2D eigenvalue weighted by Gasteiger charge is 2.35. The van der Waals surface area contributed by atoms with Crippen LogP contribution in [-0.4, -0.2) is 42.3 Å². The van der Waals surface area contributed by atoms with Crippen LogP contribution >= 0.6 is 0 Å². The topological polar surface area (TPSA) is 70.7 Å². The minimum atomic E-state index is -5.25. The first-order valence-electron chi connectivity index (χ1n) is 8.65. The van der Waals surface area contributed by atoms with Gasteiger partial charge in [0, 0.05) is 11.8 Å². The molecule has 0 aliphatic carbocycles. The number of hydrogen-bond donors (Lipinski definition) is 0. The number of aryl methyl sites for hydroxylation is 1. The molecule has 0 radical (unpaired) electrons. The third-order valence-electron chi connectivity index (χ3n) is 3.74. The zero-order chi connectivity index (χ0) is 24.6. The summed E-state index contributed by atoms with van der Waals surface area (Å²) in [6, 6.07) is 3.12. The first-order valence-corrected chi connectivity index (χ1v) is 8.65. The summed E-state index contributed by atoms with van der Waals surface area (Å²) in [5.74, 6) is -1.38. The van der Waals surface area contributed by atoms with Crippen molar-refractivity contribution in [2.24, 2.45) is 0 Å². The Hall–Kier alpha value is -3.59. The van der Waals surface area contributed by atoms with E-state index in [9.17, 15) is 39.5 Å². The molecule has 2 heterocycles. The van der Waals surface area contributed by atoms with Gasteiger partial charge in [0.25, 0.3) is 5.88 Å². The SMILES string of the molecule is Cc1cc(-c2ncn(/C=C\c3nn(CC(F)(F)F)nc3OC(F)(F)F)n2)cc(C(F)(F)F)c1. The van der Waals surface area contributed by atoms with Gasteiger partial charge in [0.2, 0.25) is 0 Å². The molecule has 0 aliphatic rings. The summed E-state index contributed by atoms with van der Waals surface area (Å²) in [4.78, 5) is 3.80. The number of aromatic nitrogens is 6. The van der Waals surface area contributed by atoms with E-state index in [2.05, 4.69) is 25.0 Å². The van der Waals surface area contributed by atoms with Crippen molar-refractivity contribution in [2.45, 2.75) is 32.2 Å². The molecule has 1 aromatic carbocycles. The predicted octanol–water partition coefficient (Wildman–Crippen LogP) is 4.95. The minimum Gasteiger partial charge on any atom is -0.384 e. The van der Waals surface area contributed by atoms with E-state index in [4.69, 9.17) is 0 Å². The number of benzene rings is 1. The Bertz CT molecular complexity index is 1160. The lowest BCUT2D eigenvalue weighted by atomic mass is 10.1. The zero-order valence-electron chi connectivity index (χ0n) is 16.2. The average molecular weight is 486 g/mol. The van der Waals surface area contributed by atoms with Gasteiger partial charge in [0.1, 0.15) is 6.33 Å². The Morgan fingerprint density at radius 2 is 1.64 bits per heavy atom. The summed E-state index contributed by atoms with van der Waals surface area (Å²) in [6.07, 6.45) is -11.9. The number of alkyl halides is 9. The summed E-state index contributed by atoms with van der Waals surface area (Å²) in [7, 11) is 0. The van der Waals surface area contributed by atoms with Crippen molar-refractivity contribution in [1.82, 2.24) is 29.8 Å². The molecule has 0 amide bonds. The van der Waals surface area contributed by atoms with E-state index in [1.165, 1.54) is 13.0 Å². The van der Waals surface area contributed by atoms with E-state index in [1.54, 1.807) is 0 Å². The first kappa shape index (κ1) is 24.1. The summed E-state index contributed by atoms with van der Waals surface area (Å²) in [6.45, 7) is -0.334. The van der Waals surface area contributed by atoms with Crippen LogP contribution in [0.15, 0.2) is 24.5 Å².